The van der Waals surface area contributed by atoms with Gasteiger partial charge in [-0.05, 0) is 24.6 Å². The summed E-state index contributed by atoms with van der Waals surface area (Å²) in [6, 6.07) is 9.80. The van der Waals surface area contributed by atoms with Gasteiger partial charge in [-0.2, -0.15) is 0 Å². The Morgan fingerprint density at radius 2 is 2.00 bits per heavy atom. The van der Waals surface area contributed by atoms with E-state index in [2.05, 4.69) is 0 Å². The van der Waals surface area contributed by atoms with Gasteiger partial charge in [-0.25, -0.2) is 4.39 Å². The molecule has 0 aliphatic rings. The maximum Gasteiger partial charge on any atom is 0.293 e. The number of pyridine rings is 1. The van der Waals surface area contributed by atoms with E-state index >= 15 is 0 Å². The van der Waals surface area contributed by atoms with Crippen molar-refractivity contribution in [2.75, 3.05) is 6.61 Å². The molecule has 0 spiro atoms. The van der Waals surface area contributed by atoms with E-state index in [-0.39, 0.29) is 17.9 Å². The molecule has 0 fully saturated rings. The topological polar surface area (TPSA) is 31.2 Å². The van der Waals surface area contributed by atoms with Crippen LogP contribution in [0.2, 0.25) is 0 Å². The van der Waals surface area contributed by atoms with Crippen LogP contribution in [-0.2, 0) is 6.54 Å². The van der Waals surface area contributed by atoms with Crippen LogP contribution < -0.4 is 10.3 Å². The predicted molar refractivity (Wildman–Crippen MR) is 72.0 cm³/mol. The number of benzene rings is 1. The minimum Gasteiger partial charge on any atom is -0.488 e. The molecular formula is C15H16FNO2. The summed E-state index contributed by atoms with van der Waals surface area (Å²) in [7, 11) is 0. The first-order valence-corrected chi connectivity index (χ1v) is 6.28. The molecule has 100 valence electrons. The van der Waals surface area contributed by atoms with Crippen molar-refractivity contribution in [3.05, 3.63) is 64.3 Å². The quantitative estimate of drug-likeness (QED) is 0.828. The van der Waals surface area contributed by atoms with Gasteiger partial charge in [-0.1, -0.05) is 25.1 Å². The van der Waals surface area contributed by atoms with E-state index in [1.807, 2.05) is 6.92 Å². The van der Waals surface area contributed by atoms with E-state index in [1.165, 1.54) is 10.6 Å². The van der Waals surface area contributed by atoms with Crippen molar-refractivity contribution in [3.63, 3.8) is 0 Å². The lowest BCUT2D eigenvalue weighted by Crippen LogP contribution is -2.22. The Bertz CT molecular complexity index is 607. The van der Waals surface area contributed by atoms with Gasteiger partial charge in [0.05, 0.1) is 13.2 Å². The van der Waals surface area contributed by atoms with Gasteiger partial charge in [-0.3, -0.25) is 4.79 Å². The van der Waals surface area contributed by atoms with Gasteiger partial charge in [0.15, 0.2) is 5.75 Å². The second kappa shape index (κ2) is 6.18. The Morgan fingerprint density at radius 1 is 1.21 bits per heavy atom. The van der Waals surface area contributed by atoms with Gasteiger partial charge < -0.3 is 9.30 Å². The molecule has 0 aliphatic carbocycles. The first-order valence-electron chi connectivity index (χ1n) is 6.28. The lowest BCUT2D eigenvalue weighted by atomic mass is 10.2. The standard InChI is InChI=1S/C15H16FNO2/c1-2-10-19-14-8-5-9-17(15(14)18)11-12-6-3-4-7-13(12)16/h3-9H,2,10-11H2,1H3. The average molecular weight is 261 g/mol. The van der Waals surface area contributed by atoms with Crippen LogP contribution in [0.4, 0.5) is 4.39 Å². The molecular weight excluding hydrogens is 245 g/mol. The number of hydrogen-bond donors (Lipinski definition) is 0. The summed E-state index contributed by atoms with van der Waals surface area (Å²) in [6.45, 7) is 2.68. The summed E-state index contributed by atoms with van der Waals surface area (Å²) >= 11 is 0. The van der Waals surface area contributed by atoms with Gasteiger partial charge in [0.1, 0.15) is 5.82 Å². The second-order valence-electron chi connectivity index (χ2n) is 4.25. The SMILES string of the molecule is CCCOc1cccn(Cc2ccccc2F)c1=O. The molecule has 1 aromatic heterocycles. The van der Waals surface area contributed by atoms with Crippen LogP contribution in [0, 0.1) is 5.82 Å². The smallest absolute Gasteiger partial charge is 0.293 e. The van der Waals surface area contributed by atoms with Crippen molar-refractivity contribution >= 4 is 0 Å². The molecule has 19 heavy (non-hydrogen) atoms. The molecule has 0 unspecified atom stereocenters. The number of rotatable bonds is 5. The first kappa shape index (κ1) is 13.3. The normalized spacial score (nSPS) is 10.4. The van der Waals surface area contributed by atoms with E-state index in [4.69, 9.17) is 4.74 Å². The zero-order chi connectivity index (χ0) is 13.7. The molecule has 0 atom stereocenters. The van der Waals surface area contributed by atoms with Crippen LogP contribution in [0.3, 0.4) is 0 Å². The van der Waals surface area contributed by atoms with Gasteiger partial charge in [0, 0.05) is 11.8 Å². The molecule has 1 aromatic carbocycles. The molecule has 1 heterocycles. The molecule has 2 rings (SSSR count). The molecule has 0 N–H and O–H groups in total. The third kappa shape index (κ3) is 3.22. The average Bonchev–Trinajstić information content (AvgIpc) is 2.42. The van der Waals surface area contributed by atoms with Crippen molar-refractivity contribution in [2.24, 2.45) is 0 Å². The van der Waals surface area contributed by atoms with Crippen molar-refractivity contribution < 1.29 is 9.13 Å². The summed E-state index contributed by atoms with van der Waals surface area (Å²) in [6.07, 6.45) is 2.47. The lowest BCUT2D eigenvalue weighted by molar-refractivity contribution is 0.310. The van der Waals surface area contributed by atoms with Gasteiger partial charge in [-0.15, -0.1) is 0 Å². The summed E-state index contributed by atoms with van der Waals surface area (Å²) < 4.78 is 20.4. The monoisotopic (exact) mass is 261 g/mol. The summed E-state index contributed by atoms with van der Waals surface area (Å²) in [5.41, 5.74) is 0.247. The fourth-order valence-corrected chi connectivity index (χ4v) is 1.77. The van der Waals surface area contributed by atoms with Crippen molar-refractivity contribution in [3.8, 4) is 5.75 Å². The maximum atomic E-state index is 13.6. The summed E-state index contributed by atoms with van der Waals surface area (Å²) in [4.78, 5) is 12.1. The largest absolute Gasteiger partial charge is 0.488 e. The fraction of sp³-hybridized carbons (Fsp3) is 0.267. The lowest BCUT2D eigenvalue weighted by Gasteiger charge is -2.09. The van der Waals surface area contributed by atoms with E-state index in [0.29, 0.717) is 17.9 Å². The van der Waals surface area contributed by atoms with Crippen LogP contribution in [0.1, 0.15) is 18.9 Å². The van der Waals surface area contributed by atoms with Crippen LogP contribution in [0.15, 0.2) is 47.4 Å². The number of hydrogen-bond acceptors (Lipinski definition) is 2. The Hall–Kier alpha value is -2.10. The molecule has 4 heteroatoms. The van der Waals surface area contributed by atoms with Crippen LogP contribution in [-0.4, -0.2) is 11.2 Å². The minimum absolute atomic E-state index is 0.203. The minimum atomic E-state index is -0.311. The summed E-state index contributed by atoms with van der Waals surface area (Å²) in [5.74, 6) is -0.00466. The van der Waals surface area contributed by atoms with Gasteiger partial charge >= 0.3 is 0 Å². The van der Waals surface area contributed by atoms with E-state index in [0.717, 1.165) is 6.42 Å². The maximum absolute atomic E-state index is 13.6. The zero-order valence-corrected chi connectivity index (χ0v) is 10.8. The summed E-state index contributed by atoms with van der Waals surface area (Å²) in [5, 5.41) is 0. The Balaban J connectivity index is 2.26. The Labute approximate surface area is 111 Å². The van der Waals surface area contributed by atoms with Gasteiger partial charge in [0.25, 0.3) is 5.56 Å². The molecule has 0 bridgehead atoms. The van der Waals surface area contributed by atoms with E-state index in [1.54, 1.807) is 36.5 Å². The van der Waals surface area contributed by atoms with E-state index in [9.17, 15) is 9.18 Å². The molecule has 0 saturated carbocycles. The predicted octanol–water partition coefficient (Wildman–Crippen LogP) is 2.82. The molecule has 0 amide bonds. The highest BCUT2D eigenvalue weighted by atomic mass is 19.1. The van der Waals surface area contributed by atoms with Crippen molar-refractivity contribution in [1.29, 1.82) is 0 Å². The Kier molecular flexibility index (Phi) is 4.34. The molecule has 0 radical (unpaired) electrons. The highest BCUT2D eigenvalue weighted by Gasteiger charge is 2.06. The molecule has 0 saturated heterocycles. The number of halogens is 1. The van der Waals surface area contributed by atoms with Crippen molar-refractivity contribution in [2.45, 2.75) is 19.9 Å². The van der Waals surface area contributed by atoms with Crippen LogP contribution >= 0.6 is 0 Å². The molecule has 0 aliphatic heterocycles. The first-order chi connectivity index (χ1) is 9.22. The van der Waals surface area contributed by atoms with Gasteiger partial charge in [0.2, 0.25) is 0 Å². The highest BCUT2D eigenvalue weighted by Crippen LogP contribution is 2.09. The third-order valence-corrected chi connectivity index (χ3v) is 2.75. The van der Waals surface area contributed by atoms with Crippen molar-refractivity contribution in [1.82, 2.24) is 4.57 Å². The third-order valence-electron chi connectivity index (χ3n) is 2.75. The zero-order valence-electron chi connectivity index (χ0n) is 10.8. The second-order valence-corrected chi connectivity index (χ2v) is 4.25. The highest BCUT2D eigenvalue weighted by molar-refractivity contribution is 5.21. The fourth-order valence-electron chi connectivity index (χ4n) is 1.77. The van der Waals surface area contributed by atoms with Crippen LogP contribution in [0.5, 0.6) is 5.75 Å². The number of ether oxygens (including phenoxy) is 1. The Morgan fingerprint density at radius 3 is 2.74 bits per heavy atom. The molecule has 2 aromatic rings. The van der Waals surface area contributed by atoms with E-state index < -0.39 is 0 Å². The number of nitrogens with zero attached hydrogens (tertiary/aromatic N) is 1. The molecule has 3 nitrogen and oxygen atoms in total. The number of aromatic nitrogens is 1. The van der Waals surface area contributed by atoms with Crippen LogP contribution in [0.25, 0.3) is 0 Å².